The first-order valence-electron chi connectivity index (χ1n) is 12.0. The summed E-state index contributed by atoms with van der Waals surface area (Å²) in [6, 6.07) is 18.6. The van der Waals surface area contributed by atoms with Crippen molar-refractivity contribution >= 4 is 23.2 Å². The summed E-state index contributed by atoms with van der Waals surface area (Å²) in [5.41, 5.74) is 9.49. The van der Waals surface area contributed by atoms with E-state index in [1.165, 1.54) is 18.2 Å². The summed E-state index contributed by atoms with van der Waals surface area (Å²) in [6.45, 7) is 5.96. The summed E-state index contributed by atoms with van der Waals surface area (Å²) < 4.78 is 19.4. The SMILES string of the molecule is CC1COCC(C)N1c1ccc(C(=O)NCc2cccc(CN)c2)cc1NC(=O)c1cccc(F)c1. The summed E-state index contributed by atoms with van der Waals surface area (Å²) in [5.74, 6) is -1.23. The largest absolute Gasteiger partial charge is 0.377 e. The highest BCUT2D eigenvalue weighted by atomic mass is 19.1. The van der Waals surface area contributed by atoms with Crippen molar-refractivity contribution in [2.45, 2.75) is 39.0 Å². The fourth-order valence-electron chi connectivity index (χ4n) is 4.46. The molecule has 0 aromatic heterocycles. The summed E-state index contributed by atoms with van der Waals surface area (Å²) in [7, 11) is 0. The number of ether oxygens (including phenoxy) is 1. The van der Waals surface area contributed by atoms with Crippen LogP contribution in [0.25, 0.3) is 0 Å². The lowest BCUT2D eigenvalue weighted by Crippen LogP contribution is -2.50. The molecule has 1 heterocycles. The zero-order chi connectivity index (χ0) is 25.7. The van der Waals surface area contributed by atoms with Crippen molar-refractivity contribution in [1.29, 1.82) is 0 Å². The molecule has 8 heteroatoms. The van der Waals surface area contributed by atoms with Crippen LogP contribution in [0.5, 0.6) is 0 Å². The topological polar surface area (TPSA) is 96.7 Å². The maximum absolute atomic E-state index is 13.7. The first kappa shape index (κ1) is 25.3. The van der Waals surface area contributed by atoms with E-state index in [0.29, 0.717) is 37.6 Å². The van der Waals surface area contributed by atoms with Crippen molar-refractivity contribution in [3.63, 3.8) is 0 Å². The molecule has 3 aromatic rings. The van der Waals surface area contributed by atoms with Gasteiger partial charge in [-0.3, -0.25) is 9.59 Å². The summed E-state index contributed by atoms with van der Waals surface area (Å²) in [6.07, 6.45) is 0. The average Bonchev–Trinajstić information content (AvgIpc) is 2.88. The fourth-order valence-corrected chi connectivity index (χ4v) is 4.46. The van der Waals surface area contributed by atoms with Crippen molar-refractivity contribution in [1.82, 2.24) is 5.32 Å². The third-order valence-corrected chi connectivity index (χ3v) is 6.22. The minimum atomic E-state index is -0.495. The molecular weight excluding hydrogens is 459 g/mol. The predicted octanol–water partition coefficient (Wildman–Crippen LogP) is 4.08. The van der Waals surface area contributed by atoms with Gasteiger partial charge in [0.25, 0.3) is 11.8 Å². The highest BCUT2D eigenvalue weighted by Crippen LogP contribution is 2.32. The van der Waals surface area contributed by atoms with E-state index < -0.39 is 11.7 Å². The van der Waals surface area contributed by atoms with Gasteiger partial charge in [-0.2, -0.15) is 0 Å². The van der Waals surface area contributed by atoms with Gasteiger partial charge in [-0.05, 0) is 61.4 Å². The van der Waals surface area contributed by atoms with E-state index in [1.54, 1.807) is 18.2 Å². The van der Waals surface area contributed by atoms with E-state index >= 15 is 0 Å². The number of benzene rings is 3. The van der Waals surface area contributed by atoms with E-state index in [9.17, 15) is 14.0 Å². The first-order valence-corrected chi connectivity index (χ1v) is 12.0. The molecule has 188 valence electrons. The molecule has 1 saturated heterocycles. The van der Waals surface area contributed by atoms with Crippen molar-refractivity contribution in [3.8, 4) is 0 Å². The summed E-state index contributed by atoms with van der Waals surface area (Å²) >= 11 is 0. The zero-order valence-electron chi connectivity index (χ0n) is 20.5. The molecule has 2 amide bonds. The first-order chi connectivity index (χ1) is 17.4. The number of amides is 2. The molecule has 0 spiro atoms. The van der Waals surface area contributed by atoms with E-state index in [2.05, 4.69) is 15.5 Å². The van der Waals surface area contributed by atoms with Crippen LogP contribution in [0, 0.1) is 5.82 Å². The van der Waals surface area contributed by atoms with Gasteiger partial charge in [-0.1, -0.05) is 30.3 Å². The molecule has 0 aliphatic carbocycles. The van der Waals surface area contributed by atoms with Gasteiger partial charge >= 0.3 is 0 Å². The number of nitrogens with one attached hydrogen (secondary N) is 2. The van der Waals surface area contributed by atoms with Crippen LogP contribution in [0.2, 0.25) is 0 Å². The smallest absolute Gasteiger partial charge is 0.255 e. The normalized spacial score (nSPS) is 17.5. The minimum absolute atomic E-state index is 0.0630. The molecule has 36 heavy (non-hydrogen) atoms. The number of rotatable bonds is 7. The van der Waals surface area contributed by atoms with E-state index in [4.69, 9.17) is 10.5 Å². The third-order valence-electron chi connectivity index (χ3n) is 6.22. The molecule has 2 unspecified atom stereocenters. The Morgan fingerprint density at radius 1 is 0.944 bits per heavy atom. The molecule has 1 fully saturated rings. The summed E-state index contributed by atoms with van der Waals surface area (Å²) in [4.78, 5) is 28.2. The maximum Gasteiger partial charge on any atom is 0.255 e. The molecule has 1 aliphatic rings. The molecule has 0 bridgehead atoms. The van der Waals surface area contributed by atoms with E-state index in [0.717, 1.165) is 16.8 Å². The predicted molar refractivity (Wildman–Crippen MR) is 139 cm³/mol. The molecule has 4 N–H and O–H groups in total. The second-order valence-electron chi connectivity index (χ2n) is 9.05. The Morgan fingerprint density at radius 3 is 2.36 bits per heavy atom. The Balaban J connectivity index is 1.61. The van der Waals surface area contributed by atoms with Gasteiger partial charge in [-0.15, -0.1) is 0 Å². The summed E-state index contributed by atoms with van der Waals surface area (Å²) in [5, 5.41) is 5.82. The Kier molecular flexibility index (Phi) is 7.97. The van der Waals surface area contributed by atoms with Gasteiger partial charge in [0.05, 0.1) is 24.6 Å². The number of nitrogens with two attached hydrogens (primary N) is 1. The van der Waals surface area contributed by atoms with Gasteiger partial charge in [0.2, 0.25) is 0 Å². The molecule has 1 aliphatic heterocycles. The lowest BCUT2D eigenvalue weighted by atomic mass is 10.1. The number of hydrogen-bond donors (Lipinski definition) is 3. The standard InChI is InChI=1S/C28H31FN4O3/c1-18-16-36-17-19(2)33(18)26-10-9-23(27(34)31-15-21-6-3-5-20(11-21)14-30)13-25(26)32-28(35)22-7-4-8-24(29)12-22/h3-13,18-19H,14-17,30H2,1-2H3,(H,31,34)(H,32,35). The zero-order valence-corrected chi connectivity index (χ0v) is 20.5. The Hall–Kier alpha value is -3.75. The monoisotopic (exact) mass is 490 g/mol. The molecule has 0 saturated carbocycles. The van der Waals surface area contributed by atoms with Crippen LogP contribution in [0.3, 0.4) is 0 Å². The van der Waals surface area contributed by atoms with Crippen molar-refractivity contribution in [2.24, 2.45) is 5.73 Å². The van der Waals surface area contributed by atoms with Gasteiger partial charge in [0.1, 0.15) is 5.82 Å². The van der Waals surface area contributed by atoms with Crippen LogP contribution in [0.4, 0.5) is 15.8 Å². The van der Waals surface area contributed by atoms with Gasteiger partial charge in [0.15, 0.2) is 0 Å². The van der Waals surface area contributed by atoms with Gasteiger partial charge in [-0.25, -0.2) is 4.39 Å². The number of carbonyl (C=O) groups is 2. The number of hydrogen-bond acceptors (Lipinski definition) is 5. The Bertz CT molecular complexity index is 1240. The average molecular weight is 491 g/mol. The Labute approximate surface area is 210 Å². The van der Waals surface area contributed by atoms with E-state index in [-0.39, 0.29) is 23.6 Å². The second-order valence-corrected chi connectivity index (χ2v) is 9.05. The molecule has 3 aromatic carbocycles. The van der Waals surface area contributed by atoms with Crippen LogP contribution >= 0.6 is 0 Å². The number of carbonyl (C=O) groups excluding carboxylic acids is 2. The lowest BCUT2D eigenvalue weighted by Gasteiger charge is -2.41. The minimum Gasteiger partial charge on any atom is -0.377 e. The number of halogens is 1. The molecule has 4 rings (SSSR count). The quantitative estimate of drug-likeness (QED) is 0.464. The van der Waals surface area contributed by atoms with Crippen LogP contribution in [0.15, 0.2) is 66.7 Å². The van der Waals surface area contributed by atoms with E-state index in [1.807, 2.05) is 44.2 Å². The van der Waals surface area contributed by atoms with Crippen LogP contribution in [-0.2, 0) is 17.8 Å². The number of morpholine rings is 1. The Morgan fingerprint density at radius 2 is 1.64 bits per heavy atom. The molecule has 7 nitrogen and oxygen atoms in total. The molecular formula is C28H31FN4O3. The third kappa shape index (κ3) is 5.90. The number of nitrogens with zero attached hydrogens (tertiary/aromatic N) is 1. The van der Waals surface area contributed by atoms with Crippen LogP contribution < -0.4 is 21.3 Å². The van der Waals surface area contributed by atoms with Crippen molar-refractivity contribution < 1.29 is 18.7 Å². The number of anilines is 2. The lowest BCUT2D eigenvalue weighted by molar-refractivity contribution is 0.0757. The fraction of sp³-hybridized carbons (Fsp3) is 0.286. The van der Waals surface area contributed by atoms with Gasteiger partial charge in [0, 0.05) is 36.3 Å². The van der Waals surface area contributed by atoms with Crippen LogP contribution in [0.1, 0.15) is 45.7 Å². The van der Waals surface area contributed by atoms with Crippen molar-refractivity contribution in [3.05, 3.63) is 94.8 Å². The molecule has 0 radical (unpaired) electrons. The highest BCUT2D eigenvalue weighted by molar-refractivity contribution is 6.07. The second kappa shape index (κ2) is 11.3. The van der Waals surface area contributed by atoms with Crippen molar-refractivity contribution in [2.75, 3.05) is 23.4 Å². The van der Waals surface area contributed by atoms with Gasteiger partial charge < -0.3 is 26.0 Å². The highest BCUT2D eigenvalue weighted by Gasteiger charge is 2.28. The maximum atomic E-state index is 13.7. The molecule has 2 atom stereocenters. The van der Waals surface area contributed by atoms with Crippen LogP contribution in [-0.4, -0.2) is 37.1 Å².